The van der Waals surface area contributed by atoms with Gasteiger partial charge in [-0.1, -0.05) is 6.07 Å². The summed E-state index contributed by atoms with van der Waals surface area (Å²) in [6.07, 6.45) is 0. The lowest BCUT2D eigenvalue weighted by Gasteiger charge is -2.20. The van der Waals surface area contributed by atoms with Crippen molar-refractivity contribution in [2.75, 3.05) is 12.4 Å². The quantitative estimate of drug-likeness (QED) is 0.740. The molecule has 1 aromatic heterocycles. The lowest BCUT2D eigenvalue weighted by molar-refractivity contribution is -0.907. The van der Waals surface area contributed by atoms with Gasteiger partial charge in [-0.25, -0.2) is 0 Å². The molecule has 116 valence electrons. The van der Waals surface area contributed by atoms with E-state index < -0.39 is 5.91 Å². The van der Waals surface area contributed by atoms with E-state index in [0.29, 0.717) is 11.3 Å². The first-order chi connectivity index (χ1) is 10.5. The molecule has 2 rings (SSSR count). The fourth-order valence-corrected chi connectivity index (χ4v) is 2.83. The third-order valence-corrected chi connectivity index (χ3v) is 4.48. The predicted molar refractivity (Wildman–Crippen MR) is 88.0 cm³/mol. The van der Waals surface area contributed by atoms with E-state index in [-0.39, 0.29) is 11.9 Å². The van der Waals surface area contributed by atoms with Gasteiger partial charge in [0.15, 0.2) is 6.04 Å². The van der Waals surface area contributed by atoms with E-state index in [2.05, 4.69) is 11.4 Å². The van der Waals surface area contributed by atoms with Gasteiger partial charge in [0.1, 0.15) is 6.54 Å². The molecule has 6 heteroatoms. The highest BCUT2D eigenvalue weighted by Crippen LogP contribution is 2.09. The first kappa shape index (κ1) is 16.2. The number of amides is 2. The summed E-state index contributed by atoms with van der Waals surface area (Å²) in [5.74, 6) is -0.535. The Morgan fingerprint density at radius 2 is 1.95 bits per heavy atom. The molecule has 1 heterocycles. The Hall–Kier alpha value is -2.18. The lowest BCUT2D eigenvalue weighted by Crippen LogP contribution is -3.12. The van der Waals surface area contributed by atoms with Crippen molar-refractivity contribution in [2.45, 2.75) is 19.5 Å². The number of thiophene rings is 1. The summed E-state index contributed by atoms with van der Waals surface area (Å²) in [5, 5.41) is 4.90. The van der Waals surface area contributed by atoms with Crippen molar-refractivity contribution in [3.63, 3.8) is 0 Å². The van der Waals surface area contributed by atoms with Gasteiger partial charge in [-0.3, -0.25) is 9.59 Å². The molecule has 0 bridgehead atoms. The van der Waals surface area contributed by atoms with Crippen LogP contribution in [0.15, 0.2) is 41.8 Å². The van der Waals surface area contributed by atoms with Crippen LogP contribution in [0.3, 0.4) is 0 Å². The van der Waals surface area contributed by atoms with Crippen LogP contribution >= 0.6 is 11.3 Å². The zero-order valence-corrected chi connectivity index (χ0v) is 13.4. The van der Waals surface area contributed by atoms with Crippen molar-refractivity contribution in [2.24, 2.45) is 5.73 Å². The van der Waals surface area contributed by atoms with Crippen molar-refractivity contribution in [1.82, 2.24) is 0 Å². The number of carbonyl (C=O) groups excluding carboxylic acids is 2. The number of benzene rings is 1. The molecular formula is C16H20N3O2S+. The molecular weight excluding hydrogens is 298 g/mol. The van der Waals surface area contributed by atoms with Crippen molar-refractivity contribution in [3.8, 4) is 0 Å². The first-order valence-corrected chi connectivity index (χ1v) is 7.90. The monoisotopic (exact) mass is 318 g/mol. The van der Waals surface area contributed by atoms with E-state index in [1.165, 1.54) is 4.88 Å². The van der Waals surface area contributed by atoms with Gasteiger partial charge in [0.2, 0.25) is 5.91 Å². The van der Waals surface area contributed by atoms with Gasteiger partial charge in [-0.05, 0) is 42.6 Å². The van der Waals surface area contributed by atoms with Crippen LogP contribution in [0.1, 0.15) is 22.2 Å². The molecule has 0 aliphatic rings. The number of carbonyl (C=O) groups is 2. The maximum absolute atomic E-state index is 12.3. The summed E-state index contributed by atoms with van der Waals surface area (Å²) in [5.41, 5.74) is 6.27. The molecule has 4 N–H and O–H groups in total. The Balaban J connectivity index is 1.94. The third-order valence-electron chi connectivity index (χ3n) is 3.60. The number of anilines is 1. The molecule has 22 heavy (non-hydrogen) atoms. The Bertz CT molecular complexity index is 638. The van der Waals surface area contributed by atoms with Crippen LogP contribution in [0.25, 0.3) is 0 Å². The minimum Gasteiger partial charge on any atom is -0.366 e. The summed E-state index contributed by atoms with van der Waals surface area (Å²) in [7, 11) is 2.00. The van der Waals surface area contributed by atoms with Gasteiger partial charge in [-0.2, -0.15) is 0 Å². The second kappa shape index (κ2) is 7.20. The number of likely N-dealkylation sites (N-methyl/N-ethyl adjacent to an activating group) is 1. The molecule has 1 aromatic carbocycles. The van der Waals surface area contributed by atoms with E-state index in [1.807, 2.05) is 25.4 Å². The van der Waals surface area contributed by atoms with Gasteiger partial charge in [0.25, 0.3) is 5.91 Å². The number of rotatable bonds is 6. The number of nitrogens with two attached hydrogens (primary N) is 1. The maximum atomic E-state index is 12.3. The van der Waals surface area contributed by atoms with E-state index >= 15 is 0 Å². The van der Waals surface area contributed by atoms with E-state index in [4.69, 9.17) is 5.73 Å². The molecule has 2 atom stereocenters. The van der Waals surface area contributed by atoms with Crippen LogP contribution in [-0.2, 0) is 11.3 Å². The van der Waals surface area contributed by atoms with Gasteiger partial charge < -0.3 is 16.0 Å². The zero-order valence-electron chi connectivity index (χ0n) is 12.6. The topological polar surface area (TPSA) is 76.6 Å². The highest BCUT2D eigenvalue weighted by atomic mass is 32.1. The minimum absolute atomic E-state index is 0.0547. The molecule has 0 saturated carbocycles. The van der Waals surface area contributed by atoms with E-state index in [9.17, 15) is 9.59 Å². The maximum Gasteiger partial charge on any atom is 0.282 e. The SMILES string of the molecule is C[C@H](C(=O)Nc1ccc(C(N)=O)cc1)[NH+](C)Cc1cccs1. The molecule has 2 aromatic rings. The Kier molecular flexibility index (Phi) is 5.30. The summed E-state index contributed by atoms with van der Waals surface area (Å²) >= 11 is 1.69. The number of hydrogen-bond acceptors (Lipinski definition) is 3. The van der Waals surface area contributed by atoms with Crippen LogP contribution in [0.5, 0.6) is 0 Å². The molecule has 0 saturated heterocycles. The van der Waals surface area contributed by atoms with Crippen molar-refractivity contribution < 1.29 is 14.5 Å². The molecule has 0 fully saturated rings. The average molecular weight is 318 g/mol. The zero-order chi connectivity index (χ0) is 16.1. The molecule has 0 spiro atoms. The second-order valence-corrected chi connectivity index (χ2v) is 6.29. The minimum atomic E-state index is -0.480. The fraction of sp³-hybridized carbons (Fsp3) is 0.250. The average Bonchev–Trinajstić information content (AvgIpc) is 2.99. The molecule has 1 unspecified atom stereocenters. The Labute approximate surface area is 133 Å². The van der Waals surface area contributed by atoms with Gasteiger partial charge in [-0.15, -0.1) is 11.3 Å². The summed E-state index contributed by atoms with van der Waals surface area (Å²) in [6, 6.07) is 10.5. The molecule has 0 aliphatic heterocycles. The van der Waals surface area contributed by atoms with Crippen LogP contribution < -0.4 is 16.0 Å². The van der Waals surface area contributed by atoms with E-state index in [1.54, 1.807) is 35.6 Å². The van der Waals surface area contributed by atoms with Crippen LogP contribution in [0.4, 0.5) is 5.69 Å². The fourth-order valence-electron chi connectivity index (χ4n) is 2.03. The summed E-state index contributed by atoms with van der Waals surface area (Å²) in [4.78, 5) is 25.7. The number of nitrogens with one attached hydrogen (secondary N) is 2. The largest absolute Gasteiger partial charge is 0.366 e. The van der Waals surface area contributed by atoms with Gasteiger partial charge >= 0.3 is 0 Å². The van der Waals surface area contributed by atoms with Crippen molar-refractivity contribution in [3.05, 3.63) is 52.2 Å². The standard InChI is InChI=1S/C16H19N3O2S/c1-11(19(2)10-14-4-3-9-22-14)16(21)18-13-7-5-12(6-8-13)15(17)20/h3-9,11H,10H2,1-2H3,(H2,17,20)(H,18,21)/p+1/t11-/m1/s1. The normalized spacial score (nSPS) is 13.4. The van der Waals surface area contributed by atoms with Gasteiger partial charge in [0, 0.05) is 11.3 Å². The lowest BCUT2D eigenvalue weighted by atomic mass is 10.2. The number of primary amides is 1. The molecule has 5 nitrogen and oxygen atoms in total. The second-order valence-electron chi connectivity index (χ2n) is 5.26. The van der Waals surface area contributed by atoms with Crippen molar-refractivity contribution in [1.29, 1.82) is 0 Å². The molecule has 0 radical (unpaired) electrons. The van der Waals surface area contributed by atoms with Gasteiger partial charge in [0.05, 0.1) is 11.9 Å². The summed E-state index contributed by atoms with van der Waals surface area (Å²) < 4.78 is 0. The van der Waals surface area contributed by atoms with Crippen LogP contribution in [-0.4, -0.2) is 24.9 Å². The number of hydrogen-bond donors (Lipinski definition) is 3. The third kappa shape index (κ3) is 4.16. The number of quaternary nitrogens is 1. The van der Waals surface area contributed by atoms with E-state index in [0.717, 1.165) is 11.4 Å². The first-order valence-electron chi connectivity index (χ1n) is 7.03. The Morgan fingerprint density at radius 3 is 2.50 bits per heavy atom. The Morgan fingerprint density at radius 1 is 1.27 bits per heavy atom. The smallest absolute Gasteiger partial charge is 0.282 e. The predicted octanol–water partition coefficient (Wildman–Crippen LogP) is 0.889. The van der Waals surface area contributed by atoms with Crippen LogP contribution in [0, 0.1) is 0 Å². The highest BCUT2D eigenvalue weighted by molar-refractivity contribution is 7.09. The highest BCUT2D eigenvalue weighted by Gasteiger charge is 2.22. The molecule has 0 aliphatic carbocycles. The summed E-state index contributed by atoms with van der Waals surface area (Å²) in [6.45, 7) is 2.71. The van der Waals surface area contributed by atoms with Crippen LogP contribution in [0.2, 0.25) is 0 Å². The molecule has 2 amide bonds. The van der Waals surface area contributed by atoms with Crippen molar-refractivity contribution >= 4 is 28.8 Å².